The largest absolute Gasteiger partial charge is 0.393 e. The lowest BCUT2D eigenvalue weighted by Crippen LogP contribution is -2.41. The predicted octanol–water partition coefficient (Wildman–Crippen LogP) is 0.885. The summed E-state index contributed by atoms with van der Waals surface area (Å²) >= 11 is 0. The van der Waals surface area contributed by atoms with Gasteiger partial charge in [-0.1, -0.05) is 13.8 Å². The van der Waals surface area contributed by atoms with Crippen LogP contribution < -0.4 is 5.73 Å². The van der Waals surface area contributed by atoms with E-state index in [1.165, 1.54) is 0 Å². The molecule has 0 aromatic rings. The van der Waals surface area contributed by atoms with Gasteiger partial charge in [-0.2, -0.15) is 0 Å². The van der Waals surface area contributed by atoms with Crippen molar-refractivity contribution in [2.45, 2.75) is 45.3 Å². The molecular weight excluding hydrogens is 126 g/mol. The molecule has 0 aliphatic heterocycles. The van der Waals surface area contributed by atoms with E-state index in [0.717, 1.165) is 19.3 Å². The van der Waals surface area contributed by atoms with Gasteiger partial charge in [0, 0.05) is 6.04 Å². The maximum Gasteiger partial charge on any atom is 0.0605 e. The van der Waals surface area contributed by atoms with Gasteiger partial charge in [-0.15, -0.1) is 0 Å². The Bertz CT molecular complexity index is 122. The summed E-state index contributed by atoms with van der Waals surface area (Å²) in [4.78, 5) is 0. The van der Waals surface area contributed by atoms with Gasteiger partial charge >= 0.3 is 0 Å². The van der Waals surface area contributed by atoms with E-state index < -0.39 is 0 Å². The Labute approximate surface area is 62.4 Å². The van der Waals surface area contributed by atoms with Gasteiger partial charge in [0.2, 0.25) is 0 Å². The van der Waals surface area contributed by atoms with E-state index in [9.17, 15) is 5.11 Å². The van der Waals surface area contributed by atoms with E-state index in [1.54, 1.807) is 0 Å². The van der Waals surface area contributed by atoms with E-state index in [-0.39, 0.29) is 17.6 Å². The molecule has 0 saturated heterocycles. The SMILES string of the molecule is CC1(C)CC[C@@H](N)C[C@H]1O. The Balaban J connectivity index is 2.52. The van der Waals surface area contributed by atoms with Crippen LogP contribution in [0.3, 0.4) is 0 Å². The lowest BCUT2D eigenvalue weighted by Gasteiger charge is -2.37. The Kier molecular flexibility index (Phi) is 2.02. The Hall–Kier alpha value is -0.0800. The van der Waals surface area contributed by atoms with Crippen molar-refractivity contribution < 1.29 is 5.11 Å². The van der Waals surface area contributed by atoms with Crippen molar-refractivity contribution in [1.29, 1.82) is 0 Å². The van der Waals surface area contributed by atoms with Crippen LogP contribution in [0.1, 0.15) is 33.1 Å². The normalized spacial score (nSPS) is 39.6. The standard InChI is InChI=1S/C8H17NO/c1-8(2)4-3-6(9)5-7(8)10/h6-7,10H,3-5,9H2,1-2H3/t6-,7-/m1/s1. The molecule has 1 aliphatic carbocycles. The maximum atomic E-state index is 9.53. The molecule has 2 nitrogen and oxygen atoms in total. The number of aliphatic hydroxyl groups excluding tert-OH is 1. The molecule has 0 aromatic heterocycles. The molecule has 3 N–H and O–H groups in total. The second kappa shape index (κ2) is 2.51. The summed E-state index contributed by atoms with van der Waals surface area (Å²) in [5.41, 5.74) is 5.78. The number of nitrogens with two attached hydrogens (primary N) is 1. The summed E-state index contributed by atoms with van der Waals surface area (Å²) in [6, 6.07) is 0.225. The highest BCUT2D eigenvalue weighted by atomic mass is 16.3. The molecule has 0 unspecified atom stereocenters. The zero-order valence-electron chi connectivity index (χ0n) is 6.80. The minimum atomic E-state index is -0.198. The minimum Gasteiger partial charge on any atom is -0.393 e. The van der Waals surface area contributed by atoms with Crippen LogP contribution in [-0.2, 0) is 0 Å². The van der Waals surface area contributed by atoms with Gasteiger partial charge < -0.3 is 10.8 Å². The lowest BCUT2D eigenvalue weighted by molar-refractivity contribution is 0.00652. The van der Waals surface area contributed by atoms with Crippen molar-refractivity contribution in [3.8, 4) is 0 Å². The molecular formula is C8H17NO. The van der Waals surface area contributed by atoms with E-state index in [0.29, 0.717) is 0 Å². The Morgan fingerprint density at radius 1 is 1.50 bits per heavy atom. The molecule has 60 valence electrons. The monoisotopic (exact) mass is 143 g/mol. The van der Waals surface area contributed by atoms with Gasteiger partial charge in [0.05, 0.1) is 6.10 Å². The first-order valence-electron chi connectivity index (χ1n) is 3.96. The molecule has 1 fully saturated rings. The van der Waals surface area contributed by atoms with Crippen LogP contribution >= 0.6 is 0 Å². The molecule has 0 bridgehead atoms. The van der Waals surface area contributed by atoms with E-state index in [1.807, 2.05) is 0 Å². The van der Waals surface area contributed by atoms with Crippen molar-refractivity contribution in [3.63, 3.8) is 0 Å². The summed E-state index contributed by atoms with van der Waals surface area (Å²) in [7, 11) is 0. The smallest absolute Gasteiger partial charge is 0.0605 e. The van der Waals surface area contributed by atoms with E-state index in [2.05, 4.69) is 13.8 Å². The molecule has 10 heavy (non-hydrogen) atoms. The lowest BCUT2D eigenvalue weighted by atomic mass is 9.73. The number of hydrogen-bond acceptors (Lipinski definition) is 2. The molecule has 2 heteroatoms. The first-order chi connectivity index (χ1) is 4.52. The number of aliphatic hydroxyl groups is 1. The fourth-order valence-electron chi connectivity index (χ4n) is 1.45. The second-order valence-electron chi connectivity index (χ2n) is 4.04. The molecule has 0 radical (unpaired) electrons. The summed E-state index contributed by atoms with van der Waals surface area (Å²) < 4.78 is 0. The third-order valence-electron chi connectivity index (χ3n) is 2.59. The van der Waals surface area contributed by atoms with Crippen molar-refractivity contribution in [1.82, 2.24) is 0 Å². The molecule has 1 aliphatic rings. The third kappa shape index (κ3) is 1.50. The van der Waals surface area contributed by atoms with Crippen molar-refractivity contribution in [2.24, 2.45) is 11.1 Å². The summed E-state index contributed by atoms with van der Waals surface area (Å²) in [5.74, 6) is 0. The Morgan fingerprint density at radius 2 is 2.10 bits per heavy atom. The highest BCUT2D eigenvalue weighted by Gasteiger charge is 2.33. The molecule has 0 heterocycles. The molecule has 0 amide bonds. The van der Waals surface area contributed by atoms with Crippen LogP contribution in [0.25, 0.3) is 0 Å². The van der Waals surface area contributed by atoms with Crippen LogP contribution in [-0.4, -0.2) is 17.3 Å². The van der Waals surface area contributed by atoms with Crippen LogP contribution in [0.4, 0.5) is 0 Å². The van der Waals surface area contributed by atoms with Gasteiger partial charge in [0.15, 0.2) is 0 Å². The first-order valence-corrected chi connectivity index (χ1v) is 3.96. The van der Waals surface area contributed by atoms with Crippen molar-refractivity contribution in [3.05, 3.63) is 0 Å². The zero-order valence-corrected chi connectivity index (χ0v) is 6.80. The highest BCUT2D eigenvalue weighted by molar-refractivity contribution is 4.87. The van der Waals surface area contributed by atoms with Crippen LogP contribution in [0, 0.1) is 5.41 Å². The average Bonchev–Trinajstić information content (AvgIpc) is 1.81. The quantitative estimate of drug-likeness (QED) is 0.529. The molecule has 1 rings (SSSR count). The molecule has 1 saturated carbocycles. The van der Waals surface area contributed by atoms with Crippen LogP contribution in [0.15, 0.2) is 0 Å². The third-order valence-corrected chi connectivity index (χ3v) is 2.59. The summed E-state index contributed by atoms with van der Waals surface area (Å²) in [6.07, 6.45) is 2.68. The summed E-state index contributed by atoms with van der Waals surface area (Å²) in [6.45, 7) is 4.20. The predicted molar refractivity (Wildman–Crippen MR) is 41.6 cm³/mol. The van der Waals surface area contributed by atoms with Crippen LogP contribution in [0.5, 0.6) is 0 Å². The fourth-order valence-corrected chi connectivity index (χ4v) is 1.45. The molecule has 2 atom stereocenters. The minimum absolute atomic E-state index is 0.0931. The average molecular weight is 143 g/mol. The number of hydrogen-bond donors (Lipinski definition) is 2. The number of rotatable bonds is 0. The molecule has 0 aromatic carbocycles. The van der Waals surface area contributed by atoms with Gasteiger partial charge in [-0.25, -0.2) is 0 Å². The first kappa shape index (κ1) is 8.02. The summed E-state index contributed by atoms with van der Waals surface area (Å²) in [5, 5.41) is 9.53. The van der Waals surface area contributed by atoms with Gasteiger partial charge in [-0.3, -0.25) is 0 Å². The second-order valence-corrected chi connectivity index (χ2v) is 4.04. The van der Waals surface area contributed by atoms with Crippen LogP contribution in [0.2, 0.25) is 0 Å². The van der Waals surface area contributed by atoms with Crippen molar-refractivity contribution in [2.75, 3.05) is 0 Å². The van der Waals surface area contributed by atoms with Gasteiger partial charge in [-0.05, 0) is 24.7 Å². The van der Waals surface area contributed by atoms with E-state index in [4.69, 9.17) is 5.73 Å². The highest BCUT2D eigenvalue weighted by Crippen LogP contribution is 2.34. The zero-order chi connectivity index (χ0) is 7.78. The topological polar surface area (TPSA) is 46.2 Å². The van der Waals surface area contributed by atoms with Gasteiger partial charge in [0.1, 0.15) is 0 Å². The fraction of sp³-hybridized carbons (Fsp3) is 1.00. The van der Waals surface area contributed by atoms with Crippen molar-refractivity contribution >= 4 is 0 Å². The molecule has 0 spiro atoms. The Morgan fingerprint density at radius 3 is 2.50 bits per heavy atom. The maximum absolute atomic E-state index is 9.53. The van der Waals surface area contributed by atoms with E-state index >= 15 is 0 Å². The van der Waals surface area contributed by atoms with Gasteiger partial charge in [0.25, 0.3) is 0 Å².